The number of aliphatic carboxylic acids is 1. The highest BCUT2D eigenvalue weighted by Crippen LogP contribution is 2.48. The summed E-state index contributed by atoms with van der Waals surface area (Å²) < 4.78 is 0. The van der Waals surface area contributed by atoms with Gasteiger partial charge in [0.05, 0.1) is 5.92 Å². The Morgan fingerprint density at radius 2 is 1.95 bits per heavy atom. The van der Waals surface area contributed by atoms with Gasteiger partial charge >= 0.3 is 12.0 Å². The zero-order chi connectivity index (χ0) is 14.1. The fraction of sp³-hybridized carbons (Fsp3) is 0.857. The lowest BCUT2D eigenvalue weighted by atomic mass is 9.84. The summed E-state index contributed by atoms with van der Waals surface area (Å²) >= 11 is 0. The lowest BCUT2D eigenvalue weighted by Gasteiger charge is -2.31. The highest BCUT2D eigenvalue weighted by atomic mass is 16.4. The number of urea groups is 1. The number of carboxylic acid groups (broad SMARTS) is 1. The number of carbonyl (C=O) groups is 2. The normalized spacial score (nSPS) is 36.7. The first-order valence-corrected chi connectivity index (χ1v) is 7.66. The van der Waals surface area contributed by atoms with E-state index >= 15 is 0 Å². The molecule has 3 aliphatic rings. The minimum atomic E-state index is -0.750. The minimum Gasteiger partial charge on any atom is -0.481 e. The van der Waals surface area contributed by atoms with E-state index in [1.807, 2.05) is 4.90 Å². The molecule has 1 heterocycles. The lowest BCUT2D eigenvalue weighted by Crippen LogP contribution is -2.52. The highest BCUT2D eigenvalue weighted by molar-refractivity contribution is 5.77. The van der Waals surface area contributed by atoms with E-state index in [2.05, 4.69) is 10.6 Å². The van der Waals surface area contributed by atoms with E-state index in [1.165, 1.54) is 0 Å². The van der Waals surface area contributed by atoms with Crippen LogP contribution in [0.25, 0.3) is 0 Å². The van der Waals surface area contributed by atoms with Crippen LogP contribution >= 0.6 is 0 Å². The van der Waals surface area contributed by atoms with Crippen molar-refractivity contribution in [1.82, 2.24) is 15.5 Å². The van der Waals surface area contributed by atoms with Crippen molar-refractivity contribution in [1.29, 1.82) is 0 Å². The smallest absolute Gasteiger partial charge is 0.317 e. The standard InChI is InChI=1S/C14H23N3O3/c18-13(19)11-9-2-3-10(8-9)12(11)16-14(20)17-6-1-4-15-5-7-17/h9-12,15H,1-8H2,(H,16,20)(H,18,19). The molecule has 2 aliphatic carbocycles. The van der Waals surface area contributed by atoms with Gasteiger partial charge in [-0.05, 0) is 44.1 Å². The maximum Gasteiger partial charge on any atom is 0.317 e. The molecule has 6 heteroatoms. The Kier molecular flexibility index (Phi) is 3.83. The van der Waals surface area contributed by atoms with Crippen molar-refractivity contribution in [3.8, 4) is 0 Å². The average molecular weight is 281 g/mol. The summed E-state index contributed by atoms with van der Waals surface area (Å²) in [6, 6.07) is -0.257. The zero-order valence-corrected chi connectivity index (χ0v) is 11.7. The van der Waals surface area contributed by atoms with E-state index in [4.69, 9.17) is 0 Å². The zero-order valence-electron chi connectivity index (χ0n) is 11.7. The molecule has 1 aliphatic heterocycles. The van der Waals surface area contributed by atoms with E-state index in [0.29, 0.717) is 12.5 Å². The predicted molar refractivity (Wildman–Crippen MR) is 73.3 cm³/mol. The summed E-state index contributed by atoms with van der Waals surface area (Å²) in [7, 11) is 0. The topological polar surface area (TPSA) is 81.7 Å². The number of fused-ring (bicyclic) bond motifs is 2. The molecule has 4 atom stereocenters. The molecule has 2 amide bonds. The SMILES string of the molecule is O=C(O)C1C2CCC(C2)C1NC(=O)N1CCCNCC1. The van der Waals surface area contributed by atoms with Crippen molar-refractivity contribution < 1.29 is 14.7 Å². The fourth-order valence-electron chi connectivity index (χ4n) is 4.14. The maximum atomic E-state index is 12.3. The van der Waals surface area contributed by atoms with Crippen molar-refractivity contribution in [2.75, 3.05) is 26.2 Å². The van der Waals surface area contributed by atoms with Gasteiger partial charge in [-0.3, -0.25) is 4.79 Å². The summed E-state index contributed by atoms with van der Waals surface area (Å²) in [5.41, 5.74) is 0. The van der Waals surface area contributed by atoms with Crippen molar-refractivity contribution in [2.45, 2.75) is 31.7 Å². The number of carboxylic acids is 1. The molecular weight excluding hydrogens is 258 g/mol. The third-order valence-corrected chi connectivity index (χ3v) is 5.12. The second-order valence-electron chi connectivity index (χ2n) is 6.26. The molecule has 2 bridgehead atoms. The van der Waals surface area contributed by atoms with E-state index in [9.17, 15) is 14.7 Å². The van der Waals surface area contributed by atoms with Gasteiger partial charge in [-0.2, -0.15) is 0 Å². The van der Waals surface area contributed by atoms with Crippen LogP contribution in [0, 0.1) is 17.8 Å². The van der Waals surface area contributed by atoms with E-state index < -0.39 is 5.97 Å². The number of hydrogen-bond acceptors (Lipinski definition) is 3. The number of nitrogens with one attached hydrogen (secondary N) is 2. The Morgan fingerprint density at radius 1 is 1.15 bits per heavy atom. The Morgan fingerprint density at radius 3 is 2.75 bits per heavy atom. The number of hydrogen-bond donors (Lipinski definition) is 3. The van der Waals surface area contributed by atoms with Gasteiger partial charge in [-0.1, -0.05) is 0 Å². The Balaban J connectivity index is 1.64. The van der Waals surface area contributed by atoms with E-state index in [1.54, 1.807) is 0 Å². The van der Waals surface area contributed by atoms with Crippen LogP contribution in [0.15, 0.2) is 0 Å². The molecule has 20 heavy (non-hydrogen) atoms. The van der Waals surface area contributed by atoms with Crippen LogP contribution < -0.4 is 10.6 Å². The van der Waals surface area contributed by atoms with Crippen LogP contribution in [0.5, 0.6) is 0 Å². The summed E-state index contributed by atoms with van der Waals surface area (Å²) in [4.78, 5) is 25.6. The molecule has 6 nitrogen and oxygen atoms in total. The quantitative estimate of drug-likeness (QED) is 0.688. The first-order valence-electron chi connectivity index (χ1n) is 7.66. The van der Waals surface area contributed by atoms with Gasteiger partial charge in [0.2, 0.25) is 0 Å². The second-order valence-corrected chi connectivity index (χ2v) is 6.26. The molecular formula is C14H23N3O3. The maximum absolute atomic E-state index is 12.3. The molecule has 0 radical (unpaired) electrons. The van der Waals surface area contributed by atoms with Crippen molar-refractivity contribution in [2.24, 2.45) is 17.8 Å². The monoisotopic (exact) mass is 281 g/mol. The van der Waals surface area contributed by atoms with Crippen LogP contribution in [0.1, 0.15) is 25.7 Å². The van der Waals surface area contributed by atoms with Crippen LogP contribution in [-0.2, 0) is 4.79 Å². The molecule has 3 rings (SSSR count). The van der Waals surface area contributed by atoms with Gasteiger partial charge in [-0.25, -0.2) is 4.79 Å². The van der Waals surface area contributed by atoms with Gasteiger partial charge in [0.25, 0.3) is 0 Å². The van der Waals surface area contributed by atoms with Gasteiger partial charge in [0, 0.05) is 25.7 Å². The van der Waals surface area contributed by atoms with Gasteiger partial charge < -0.3 is 20.6 Å². The molecule has 3 N–H and O–H groups in total. The number of carbonyl (C=O) groups excluding carboxylic acids is 1. The molecule has 3 fully saturated rings. The van der Waals surface area contributed by atoms with Gasteiger partial charge in [0.15, 0.2) is 0 Å². The fourth-order valence-corrected chi connectivity index (χ4v) is 4.14. The lowest BCUT2D eigenvalue weighted by molar-refractivity contribution is -0.144. The number of amides is 2. The third kappa shape index (κ3) is 2.49. The molecule has 112 valence electrons. The van der Waals surface area contributed by atoms with Gasteiger partial charge in [-0.15, -0.1) is 0 Å². The summed E-state index contributed by atoms with van der Waals surface area (Å²) in [6.07, 6.45) is 3.97. The Bertz CT molecular complexity index is 393. The first kappa shape index (κ1) is 13.7. The van der Waals surface area contributed by atoms with Crippen molar-refractivity contribution in [3.05, 3.63) is 0 Å². The molecule has 0 aromatic rings. The molecule has 4 unspecified atom stereocenters. The molecule has 0 spiro atoms. The van der Waals surface area contributed by atoms with Crippen LogP contribution in [0.4, 0.5) is 4.79 Å². The average Bonchev–Trinajstić information content (AvgIpc) is 2.89. The van der Waals surface area contributed by atoms with Crippen LogP contribution in [0.3, 0.4) is 0 Å². The minimum absolute atomic E-state index is 0.0856. The number of rotatable bonds is 2. The first-order chi connectivity index (χ1) is 9.66. The Labute approximate surface area is 118 Å². The highest BCUT2D eigenvalue weighted by Gasteiger charge is 2.51. The predicted octanol–water partition coefficient (Wildman–Crippen LogP) is 0.491. The molecule has 2 saturated carbocycles. The molecule has 0 aromatic carbocycles. The summed E-state index contributed by atoms with van der Waals surface area (Å²) in [6.45, 7) is 3.20. The second kappa shape index (κ2) is 5.60. The van der Waals surface area contributed by atoms with Crippen molar-refractivity contribution in [3.63, 3.8) is 0 Å². The van der Waals surface area contributed by atoms with E-state index in [-0.39, 0.29) is 23.9 Å². The molecule has 1 saturated heterocycles. The largest absolute Gasteiger partial charge is 0.481 e. The van der Waals surface area contributed by atoms with Crippen LogP contribution in [-0.4, -0.2) is 54.2 Å². The molecule has 0 aromatic heterocycles. The van der Waals surface area contributed by atoms with Crippen LogP contribution in [0.2, 0.25) is 0 Å². The summed E-state index contributed by atoms with van der Waals surface area (Å²) in [5, 5.41) is 15.7. The number of nitrogens with zero attached hydrogens (tertiary/aromatic N) is 1. The summed E-state index contributed by atoms with van der Waals surface area (Å²) in [5.74, 6) is -0.522. The Hall–Kier alpha value is -1.30. The van der Waals surface area contributed by atoms with Crippen molar-refractivity contribution >= 4 is 12.0 Å². The third-order valence-electron chi connectivity index (χ3n) is 5.12. The van der Waals surface area contributed by atoms with Gasteiger partial charge in [0.1, 0.15) is 0 Å². The van der Waals surface area contributed by atoms with E-state index in [0.717, 1.165) is 45.3 Å².